The Bertz CT molecular complexity index is 1860. The van der Waals surface area contributed by atoms with E-state index in [0.29, 0.717) is 37.5 Å². The van der Waals surface area contributed by atoms with Crippen LogP contribution in [0.5, 0.6) is 0 Å². The summed E-state index contributed by atoms with van der Waals surface area (Å²) in [6.45, 7) is 4.18. The normalized spacial score (nSPS) is 33.7. The third kappa shape index (κ3) is 8.77. The van der Waals surface area contributed by atoms with E-state index in [1.54, 1.807) is 0 Å². The molecule has 0 atom stereocenters. The molecule has 7 aliphatic rings. The van der Waals surface area contributed by atoms with Gasteiger partial charge in [0.05, 0.1) is 23.0 Å². The average molecular weight is 831 g/mol. The molecule has 0 N–H and O–H groups in total. The highest BCUT2D eigenvalue weighted by Crippen LogP contribution is 2.46. The van der Waals surface area contributed by atoms with E-state index < -0.39 is 82.0 Å². The molecule has 0 aromatic heterocycles. The Labute approximate surface area is 345 Å². The molecular weight excluding hydrogens is 784 g/mol. The molecule has 3 saturated carbocycles. The summed E-state index contributed by atoms with van der Waals surface area (Å²) >= 11 is 0. The number of hydrogen-bond acceptors (Lipinski definition) is 16. The lowest BCUT2D eigenvalue weighted by Gasteiger charge is -2.53. The Kier molecular flexibility index (Phi) is 11.8. The smallest absolute Gasteiger partial charge is 0.348 e. The monoisotopic (exact) mass is 830 g/mol. The van der Waals surface area contributed by atoms with Crippen molar-refractivity contribution in [2.45, 2.75) is 127 Å². The Morgan fingerprint density at radius 2 is 0.733 bits per heavy atom. The number of esters is 6. The zero-order valence-electron chi connectivity index (χ0n) is 33.4. The van der Waals surface area contributed by atoms with Crippen LogP contribution in [-0.2, 0) is 66.7 Å². The molecule has 320 valence electrons. The molecule has 0 aromatic carbocycles. The van der Waals surface area contributed by atoms with Crippen LogP contribution in [0.1, 0.15) is 104 Å². The van der Waals surface area contributed by atoms with Crippen LogP contribution in [0.4, 0.5) is 0 Å². The van der Waals surface area contributed by atoms with Gasteiger partial charge in [-0.15, -0.1) is 0 Å². The molecule has 5 fully saturated rings. The Morgan fingerprint density at radius 3 is 1.03 bits per heavy atom. The van der Waals surface area contributed by atoms with Crippen LogP contribution >= 0.6 is 0 Å². The van der Waals surface area contributed by atoms with E-state index in [9.17, 15) is 39.0 Å². The Balaban J connectivity index is 0.897. The first-order valence-electron chi connectivity index (χ1n) is 20.4. The lowest BCUT2D eigenvalue weighted by molar-refractivity contribution is -0.422. The van der Waals surface area contributed by atoms with Gasteiger partial charge in [-0.3, -0.25) is 0 Å². The first-order chi connectivity index (χ1) is 28.7. The van der Waals surface area contributed by atoms with Crippen LogP contribution in [0.25, 0.3) is 0 Å². The van der Waals surface area contributed by atoms with Crippen LogP contribution in [0.2, 0.25) is 0 Å². The second-order valence-electron chi connectivity index (χ2n) is 15.9. The number of carbonyl (C=O) groups is 6. The van der Waals surface area contributed by atoms with Gasteiger partial charge in [0.15, 0.2) is 11.6 Å². The summed E-state index contributed by atoms with van der Waals surface area (Å²) in [4.78, 5) is 76.4. The lowest BCUT2D eigenvalue weighted by Crippen LogP contribution is -2.54. The third-order valence-corrected chi connectivity index (χ3v) is 12.1. The molecule has 0 bridgehead atoms. The molecule has 4 heterocycles. The van der Waals surface area contributed by atoms with Crippen molar-refractivity contribution in [1.29, 1.82) is 0 Å². The molecule has 60 heavy (non-hydrogen) atoms. The van der Waals surface area contributed by atoms with Gasteiger partial charge in [0.2, 0.25) is 0 Å². The quantitative estimate of drug-likeness (QED) is 0.110. The zero-order valence-corrected chi connectivity index (χ0v) is 33.4. The van der Waals surface area contributed by atoms with E-state index in [2.05, 4.69) is 13.8 Å². The molecule has 0 radical (unpaired) electrons. The third-order valence-electron chi connectivity index (χ3n) is 12.1. The average Bonchev–Trinajstić information content (AvgIpc) is 3.20. The van der Waals surface area contributed by atoms with Crippen molar-refractivity contribution < 1.29 is 76.9 Å². The highest BCUT2D eigenvalue weighted by Gasteiger charge is 2.50. The summed E-state index contributed by atoms with van der Waals surface area (Å²) in [5.74, 6) is -11.8. The SMILES string of the molecule is CCC1CCC2(CC1)OC(=O)C(=C/C=C/C=C/C1=C([O-])OC3(CCC4(CC3)OC(=O)C(/C=C/C=C/C=C3C(=O)OC5(CCC(CC)CC5)OC3=O)=C([O-])O4)OC1=O)C(=O)O2. The van der Waals surface area contributed by atoms with E-state index in [0.717, 1.165) is 50.7 Å². The predicted octanol–water partition coefficient (Wildman–Crippen LogP) is 4.11. The number of rotatable bonds is 8. The summed E-state index contributed by atoms with van der Waals surface area (Å²) in [6.07, 6.45) is 19.3. The number of carbonyl (C=O) groups excluding carboxylic acids is 6. The van der Waals surface area contributed by atoms with Gasteiger partial charge in [0, 0.05) is 51.4 Å². The number of ether oxygens (including phenoxy) is 8. The molecule has 0 unspecified atom stereocenters. The first-order valence-corrected chi connectivity index (χ1v) is 20.4. The van der Waals surface area contributed by atoms with Gasteiger partial charge in [-0.25, -0.2) is 28.8 Å². The van der Waals surface area contributed by atoms with Crippen LogP contribution in [0, 0.1) is 11.8 Å². The predicted molar refractivity (Wildman–Crippen MR) is 199 cm³/mol. The van der Waals surface area contributed by atoms with Crippen molar-refractivity contribution in [3.63, 3.8) is 0 Å². The lowest BCUT2D eigenvalue weighted by atomic mass is 9.83. The summed E-state index contributed by atoms with van der Waals surface area (Å²) in [6, 6.07) is 0. The van der Waals surface area contributed by atoms with Crippen molar-refractivity contribution >= 4 is 35.8 Å². The minimum absolute atomic E-state index is 0.143. The highest BCUT2D eigenvalue weighted by molar-refractivity contribution is 6.16. The minimum Gasteiger partial charge on any atom is -0.574 e. The molecular formula is C44H46O16-2. The van der Waals surface area contributed by atoms with Gasteiger partial charge < -0.3 is 48.1 Å². The molecule has 7 rings (SSSR count). The molecule has 4 spiro atoms. The van der Waals surface area contributed by atoms with Gasteiger partial charge in [-0.2, -0.15) is 0 Å². The van der Waals surface area contributed by atoms with Crippen molar-refractivity contribution in [1.82, 2.24) is 0 Å². The molecule has 4 aliphatic heterocycles. The molecule has 16 nitrogen and oxygen atoms in total. The van der Waals surface area contributed by atoms with E-state index in [4.69, 9.17) is 37.9 Å². The fraction of sp³-hybridized carbons (Fsp3) is 0.500. The van der Waals surface area contributed by atoms with Gasteiger partial charge in [0.25, 0.3) is 11.6 Å². The first kappa shape index (κ1) is 42.1. The van der Waals surface area contributed by atoms with E-state index >= 15 is 0 Å². The highest BCUT2D eigenvalue weighted by atomic mass is 16.8. The van der Waals surface area contributed by atoms with Crippen molar-refractivity contribution in [3.8, 4) is 0 Å². The van der Waals surface area contributed by atoms with Gasteiger partial charge >= 0.3 is 35.8 Å². The van der Waals surface area contributed by atoms with Crippen LogP contribution < -0.4 is 10.2 Å². The maximum atomic E-state index is 12.9. The van der Waals surface area contributed by atoms with E-state index in [-0.39, 0.29) is 36.8 Å². The number of allylic oxidation sites excluding steroid dienone is 8. The summed E-state index contributed by atoms with van der Waals surface area (Å²) < 4.78 is 44.2. The molecule has 16 heteroatoms. The summed E-state index contributed by atoms with van der Waals surface area (Å²) in [5.41, 5.74) is -1.41. The largest absolute Gasteiger partial charge is 0.574 e. The molecule has 0 aromatic rings. The van der Waals surface area contributed by atoms with Crippen LogP contribution in [0.15, 0.2) is 94.9 Å². The summed E-state index contributed by atoms with van der Waals surface area (Å²) in [5, 5.41) is 25.8. The summed E-state index contributed by atoms with van der Waals surface area (Å²) in [7, 11) is 0. The maximum Gasteiger partial charge on any atom is 0.348 e. The topological polar surface area (TPSA) is 222 Å². The van der Waals surface area contributed by atoms with Crippen molar-refractivity contribution in [3.05, 3.63) is 94.9 Å². The van der Waals surface area contributed by atoms with Gasteiger partial charge in [-0.1, -0.05) is 63.1 Å². The fourth-order valence-electron chi connectivity index (χ4n) is 8.37. The second-order valence-corrected chi connectivity index (χ2v) is 15.9. The zero-order chi connectivity index (χ0) is 42.7. The van der Waals surface area contributed by atoms with Crippen molar-refractivity contribution in [2.24, 2.45) is 11.8 Å². The Hall–Kier alpha value is -6.06. The van der Waals surface area contributed by atoms with Gasteiger partial charge in [-0.05, 0) is 61.8 Å². The number of hydrogen-bond donors (Lipinski definition) is 0. The molecule has 3 aliphatic carbocycles. The minimum atomic E-state index is -1.68. The van der Waals surface area contributed by atoms with Crippen LogP contribution in [0.3, 0.4) is 0 Å². The van der Waals surface area contributed by atoms with Crippen molar-refractivity contribution in [2.75, 3.05) is 0 Å². The maximum absolute atomic E-state index is 12.9. The van der Waals surface area contributed by atoms with E-state index in [1.165, 1.54) is 48.6 Å². The van der Waals surface area contributed by atoms with E-state index in [1.807, 2.05) is 0 Å². The fourth-order valence-corrected chi connectivity index (χ4v) is 8.37. The molecule has 2 saturated heterocycles. The second kappa shape index (κ2) is 16.9. The Morgan fingerprint density at radius 1 is 0.433 bits per heavy atom. The van der Waals surface area contributed by atoms with Crippen LogP contribution in [-0.4, -0.2) is 59.0 Å². The molecule has 0 amide bonds. The standard InChI is InChI=1S/C44H48O16/c1-3-27-15-19-41(20-16-27)53-33(45)29(34(46)54-41)11-7-5-9-13-31-37(49)57-43(58-38(31)50)23-25-44(26-24-43)59-39(51)32(40(52)60-44)14-10-6-8-12-30-35(47)55-42(56-36(30)48)21-17-28(4-2)18-22-42/h5-14,27-28,49,51H,3-4,15-26H2,1-2H3/p-2/b7-5+,8-6+,13-9+,14-10+,29-11?,30-12?. The van der Waals surface area contributed by atoms with Gasteiger partial charge in [0.1, 0.15) is 11.1 Å².